The Balaban J connectivity index is 1.60. The van der Waals surface area contributed by atoms with Gasteiger partial charge in [0.1, 0.15) is 5.69 Å². The molecule has 1 aliphatic carbocycles. The topological polar surface area (TPSA) is 77.0 Å². The van der Waals surface area contributed by atoms with Gasteiger partial charge in [-0.05, 0) is 48.2 Å². The molecule has 1 N–H and O–H groups in total. The predicted octanol–water partition coefficient (Wildman–Crippen LogP) is 3.98. The maximum absolute atomic E-state index is 13.0. The van der Waals surface area contributed by atoms with Gasteiger partial charge in [0, 0.05) is 35.8 Å². The molecular formula is C21H17F3N4O2. The zero-order chi connectivity index (χ0) is 21.3. The molecule has 3 aromatic rings. The molecule has 1 aliphatic rings. The molecule has 0 aromatic carbocycles. The van der Waals surface area contributed by atoms with Gasteiger partial charge in [0.15, 0.2) is 0 Å². The molecule has 30 heavy (non-hydrogen) atoms. The zero-order valence-electron chi connectivity index (χ0n) is 15.9. The third kappa shape index (κ3) is 3.96. The lowest BCUT2D eigenvalue weighted by Gasteiger charge is -2.15. The largest absolute Gasteiger partial charge is 0.481 e. The van der Waals surface area contributed by atoms with Gasteiger partial charge in [-0.1, -0.05) is 0 Å². The van der Waals surface area contributed by atoms with Crippen molar-refractivity contribution in [3.8, 4) is 17.1 Å². The van der Waals surface area contributed by atoms with Crippen molar-refractivity contribution in [1.82, 2.24) is 20.3 Å². The summed E-state index contributed by atoms with van der Waals surface area (Å²) in [6.45, 7) is 0. The van der Waals surface area contributed by atoms with Crippen LogP contribution < -0.4 is 10.1 Å². The lowest BCUT2D eigenvalue weighted by Crippen LogP contribution is -2.27. The van der Waals surface area contributed by atoms with E-state index in [2.05, 4.69) is 20.3 Å². The Morgan fingerprint density at radius 1 is 1.13 bits per heavy atom. The third-order valence-electron chi connectivity index (χ3n) is 4.96. The number of aromatic nitrogens is 3. The average molecular weight is 414 g/mol. The Hall–Kier alpha value is -3.49. The van der Waals surface area contributed by atoms with Crippen molar-refractivity contribution in [2.75, 3.05) is 7.11 Å². The van der Waals surface area contributed by atoms with Crippen LogP contribution in [-0.4, -0.2) is 28.0 Å². The smallest absolute Gasteiger partial charge is 0.433 e. The zero-order valence-corrected chi connectivity index (χ0v) is 15.9. The summed E-state index contributed by atoms with van der Waals surface area (Å²) in [5.41, 5.74) is 1.96. The number of ether oxygens (including phenoxy) is 1. The maximum atomic E-state index is 13.0. The molecule has 0 bridgehead atoms. The second-order valence-electron chi connectivity index (χ2n) is 6.85. The number of rotatable bonds is 4. The first-order valence-electron chi connectivity index (χ1n) is 9.18. The first kappa shape index (κ1) is 19.8. The fourth-order valence-electron chi connectivity index (χ4n) is 3.44. The van der Waals surface area contributed by atoms with Gasteiger partial charge in [0.25, 0.3) is 5.91 Å². The molecule has 154 valence electrons. The van der Waals surface area contributed by atoms with Gasteiger partial charge in [0.05, 0.1) is 18.8 Å². The van der Waals surface area contributed by atoms with E-state index in [0.29, 0.717) is 29.1 Å². The molecule has 0 radical (unpaired) electrons. The van der Waals surface area contributed by atoms with E-state index in [0.717, 1.165) is 29.8 Å². The monoisotopic (exact) mass is 414 g/mol. The van der Waals surface area contributed by atoms with E-state index in [9.17, 15) is 18.0 Å². The summed E-state index contributed by atoms with van der Waals surface area (Å²) in [7, 11) is 1.47. The highest BCUT2D eigenvalue weighted by molar-refractivity contribution is 5.94. The van der Waals surface area contributed by atoms with E-state index in [1.54, 1.807) is 24.4 Å². The fourth-order valence-corrected chi connectivity index (χ4v) is 3.44. The van der Waals surface area contributed by atoms with E-state index in [1.165, 1.54) is 19.4 Å². The normalized spacial score (nSPS) is 15.5. The number of carbonyl (C=O) groups is 1. The van der Waals surface area contributed by atoms with Crippen LogP contribution >= 0.6 is 0 Å². The van der Waals surface area contributed by atoms with Gasteiger partial charge in [-0.15, -0.1) is 0 Å². The van der Waals surface area contributed by atoms with Crippen LogP contribution in [0.2, 0.25) is 0 Å². The number of alkyl halides is 3. The number of hydrogen-bond acceptors (Lipinski definition) is 5. The molecule has 0 saturated heterocycles. The number of carbonyl (C=O) groups excluding carboxylic acids is 1. The molecule has 0 saturated carbocycles. The quantitative estimate of drug-likeness (QED) is 0.699. The van der Waals surface area contributed by atoms with Gasteiger partial charge in [-0.3, -0.25) is 14.8 Å². The number of aryl methyl sites for hydroxylation is 1. The minimum atomic E-state index is -4.53. The highest BCUT2D eigenvalue weighted by Crippen LogP contribution is 2.35. The molecule has 0 spiro atoms. The van der Waals surface area contributed by atoms with E-state index in [-0.39, 0.29) is 11.9 Å². The molecular weight excluding hydrogens is 397 g/mol. The van der Waals surface area contributed by atoms with Crippen LogP contribution in [0.25, 0.3) is 11.3 Å². The lowest BCUT2D eigenvalue weighted by atomic mass is 10.0. The van der Waals surface area contributed by atoms with Crippen LogP contribution in [0.5, 0.6) is 5.88 Å². The number of nitrogens with zero attached hydrogens (tertiary/aromatic N) is 3. The Morgan fingerprint density at radius 3 is 2.70 bits per heavy atom. The molecule has 6 nitrogen and oxygen atoms in total. The molecule has 1 atom stereocenters. The first-order valence-corrected chi connectivity index (χ1v) is 9.18. The van der Waals surface area contributed by atoms with Crippen LogP contribution in [0.4, 0.5) is 13.2 Å². The second kappa shape index (κ2) is 7.74. The van der Waals surface area contributed by atoms with Crippen molar-refractivity contribution >= 4 is 5.91 Å². The number of pyridine rings is 3. The number of methoxy groups -OCH3 is 1. The van der Waals surface area contributed by atoms with E-state index < -0.39 is 11.9 Å². The number of halogens is 3. The summed E-state index contributed by atoms with van der Waals surface area (Å²) >= 11 is 0. The van der Waals surface area contributed by atoms with Crippen molar-refractivity contribution in [3.05, 3.63) is 71.3 Å². The highest BCUT2D eigenvalue weighted by atomic mass is 19.4. The van der Waals surface area contributed by atoms with Gasteiger partial charge in [-0.25, -0.2) is 4.98 Å². The summed E-state index contributed by atoms with van der Waals surface area (Å²) in [6.07, 6.45) is 1.12. The van der Waals surface area contributed by atoms with Crippen molar-refractivity contribution in [2.24, 2.45) is 0 Å². The van der Waals surface area contributed by atoms with Crippen molar-refractivity contribution in [3.63, 3.8) is 0 Å². The molecule has 3 heterocycles. The van der Waals surface area contributed by atoms with Gasteiger partial charge in [0.2, 0.25) is 5.88 Å². The number of amides is 1. The van der Waals surface area contributed by atoms with E-state index in [4.69, 9.17) is 4.74 Å². The highest BCUT2D eigenvalue weighted by Gasteiger charge is 2.33. The van der Waals surface area contributed by atoms with Crippen LogP contribution in [0.3, 0.4) is 0 Å². The summed E-state index contributed by atoms with van der Waals surface area (Å²) in [4.78, 5) is 24.3. The van der Waals surface area contributed by atoms with Crippen molar-refractivity contribution in [2.45, 2.75) is 25.1 Å². The minimum absolute atomic E-state index is 0.266. The second-order valence-corrected chi connectivity index (χ2v) is 6.85. The van der Waals surface area contributed by atoms with E-state index in [1.807, 2.05) is 0 Å². The fraction of sp³-hybridized carbons (Fsp3) is 0.238. The Bertz CT molecular complexity index is 1100. The van der Waals surface area contributed by atoms with Crippen LogP contribution in [0.1, 0.15) is 39.6 Å². The van der Waals surface area contributed by atoms with Crippen LogP contribution in [0, 0.1) is 0 Å². The molecule has 4 rings (SSSR count). The summed E-state index contributed by atoms with van der Waals surface area (Å²) in [5.74, 6) is 0.0503. The number of hydrogen-bond donors (Lipinski definition) is 1. The van der Waals surface area contributed by atoms with E-state index >= 15 is 0 Å². The molecule has 1 unspecified atom stereocenters. The molecule has 0 aliphatic heterocycles. The SMILES string of the molecule is COc1cc(C(=O)NC2CCc3cnc(-c4ccnc(C(F)(F)F)c4)cc32)ccn1. The molecule has 3 aromatic heterocycles. The van der Waals surface area contributed by atoms with Crippen LogP contribution in [0.15, 0.2) is 48.9 Å². The summed E-state index contributed by atoms with van der Waals surface area (Å²) in [6, 6.07) is 7.05. The Morgan fingerprint density at radius 2 is 1.93 bits per heavy atom. The number of nitrogens with one attached hydrogen (secondary N) is 1. The maximum Gasteiger partial charge on any atom is 0.433 e. The van der Waals surface area contributed by atoms with Crippen molar-refractivity contribution < 1.29 is 22.7 Å². The Labute approximate surface area is 170 Å². The first-order chi connectivity index (χ1) is 14.3. The van der Waals surface area contributed by atoms with Gasteiger partial charge >= 0.3 is 6.18 Å². The Kier molecular flexibility index (Phi) is 5.11. The number of fused-ring (bicyclic) bond motifs is 1. The standard InChI is InChI=1S/C21H17F3N4O2/c1-30-19-9-13(5-7-26-19)20(29)28-16-3-2-14-11-27-17(10-15(14)16)12-4-6-25-18(8-12)21(22,23)24/h4-11,16H,2-3H2,1H3,(H,28,29). The predicted molar refractivity (Wildman–Crippen MR) is 102 cm³/mol. The minimum Gasteiger partial charge on any atom is -0.481 e. The lowest BCUT2D eigenvalue weighted by molar-refractivity contribution is -0.141. The summed E-state index contributed by atoms with van der Waals surface area (Å²) < 4.78 is 44.0. The van der Waals surface area contributed by atoms with Crippen LogP contribution in [-0.2, 0) is 12.6 Å². The van der Waals surface area contributed by atoms with Gasteiger partial charge in [-0.2, -0.15) is 13.2 Å². The van der Waals surface area contributed by atoms with Gasteiger partial charge < -0.3 is 10.1 Å². The van der Waals surface area contributed by atoms with Crippen molar-refractivity contribution in [1.29, 1.82) is 0 Å². The average Bonchev–Trinajstić information content (AvgIpc) is 3.15. The third-order valence-corrected chi connectivity index (χ3v) is 4.96. The molecule has 0 fully saturated rings. The molecule has 1 amide bonds. The summed E-state index contributed by atoms with van der Waals surface area (Å²) in [5, 5.41) is 2.97. The molecule has 9 heteroatoms.